The average molecular weight is 490 g/mol. The summed E-state index contributed by atoms with van der Waals surface area (Å²) in [4.78, 5) is 15.7. The lowest BCUT2D eigenvalue weighted by Crippen LogP contribution is -2.40. The molecule has 1 aliphatic heterocycles. The minimum absolute atomic E-state index is 0.110. The highest BCUT2D eigenvalue weighted by atomic mass is 16.5. The molecule has 2 aromatic carbocycles. The molecular weight excluding hydrogens is 458 g/mol. The molecule has 5 rings (SSSR count). The second-order valence-electron chi connectivity index (χ2n) is 9.14. The molecule has 8 heteroatoms. The molecule has 1 saturated heterocycles. The van der Waals surface area contributed by atoms with Crippen LogP contribution in [0.3, 0.4) is 0 Å². The highest BCUT2D eigenvalue weighted by Crippen LogP contribution is 2.34. The third kappa shape index (κ3) is 5.21. The van der Waals surface area contributed by atoms with Gasteiger partial charge in [0.1, 0.15) is 11.8 Å². The van der Waals surface area contributed by atoms with Gasteiger partial charge in [0.25, 0.3) is 0 Å². The Balaban J connectivity index is 1.39. The van der Waals surface area contributed by atoms with Gasteiger partial charge >= 0.3 is 5.97 Å². The molecule has 2 heterocycles. The van der Waals surface area contributed by atoms with Crippen LogP contribution < -0.4 is 15.4 Å². The first-order valence-electron chi connectivity index (χ1n) is 12.3. The number of carbonyl (C=O) groups is 1. The van der Waals surface area contributed by atoms with Gasteiger partial charge in [0, 0.05) is 23.0 Å². The van der Waals surface area contributed by atoms with Gasteiger partial charge in [0.2, 0.25) is 0 Å². The van der Waals surface area contributed by atoms with Crippen molar-refractivity contribution in [2.45, 2.75) is 51.8 Å². The Hall–Kier alpha value is -3.46. The summed E-state index contributed by atoms with van der Waals surface area (Å²) in [7, 11) is 0. The number of benzene rings is 2. The molecule has 1 fully saturated rings. The van der Waals surface area contributed by atoms with E-state index in [9.17, 15) is 9.90 Å². The summed E-state index contributed by atoms with van der Waals surface area (Å²) in [6.07, 6.45) is 4.94. The van der Waals surface area contributed by atoms with E-state index in [-0.39, 0.29) is 12.7 Å². The number of nitrogens with one attached hydrogen (secondary N) is 2. The topological polar surface area (TPSA) is 102 Å². The second-order valence-corrected chi connectivity index (χ2v) is 9.14. The largest absolute Gasteiger partial charge is 0.492 e. The van der Waals surface area contributed by atoms with E-state index in [0.717, 1.165) is 46.5 Å². The van der Waals surface area contributed by atoms with E-state index >= 15 is 0 Å². The van der Waals surface area contributed by atoms with Crippen LogP contribution in [0.25, 0.3) is 11.1 Å². The fourth-order valence-corrected chi connectivity index (χ4v) is 4.84. The van der Waals surface area contributed by atoms with Gasteiger partial charge in [-0.05, 0) is 61.1 Å². The summed E-state index contributed by atoms with van der Waals surface area (Å²) in [5, 5.41) is 15.4. The van der Waals surface area contributed by atoms with Crippen LogP contribution in [0.15, 0.2) is 54.9 Å². The number of pyridine rings is 1. The van der Waals surface area contributed by atoms with Crippen LogP contribution in [0.5, 0.6) is 5.75 Å². The molecule has 0 spiro atoms. The number of carboxylic acid groups (broad SMARTS) is 1. The smallest absolute Gasteiger partial charge is 0.323 e. The van der Waals surface area contributed by atoms with Gasteiger partial charge in [-0.25, -0.2) is 0 Å². The summed E-state index contributed by atoms with van der Waals surface area (Å²) in [5.74, 6) is -0.169. The Labute approximate surface area is 210 Å². The number of aromatic nitrogens is 1. The Kier molecular flexibility index (Phi) is 7.18. The fraction of sp³-hybridized carbons (Fsp3) is 0.357. The Morgan fingerprint density at radius 1 is 1.17 bits per heavy atom. The van der Waals surface area contributed by atoms with Crippen LogP contribution in [-0.2, 0) is 33.7 Å². The summed E-state index contributed by atoms with van der Waals surface area (Å²) in [6.45, 7) is 5.10. The zero-order valence-electron chi connectivity index (χ0n) is 20.5. The van der Waals surface area contributed by atoms with Crippen molar-refractivity contribution in [1.29, 1.82) is 0 Å². The molecule has 2 aliphatic rings. The summed E-state index contributed by atoms with van der Waals surface area (Å²) in [6, 6.07) is 13.8. The van der Waals surface area contributed by atoms with E-state index in [1.807, 2.05) is 38.2 Å². The third-order valence-corrected chi connectivity index (χ3v) is 6.73. The van der Waals surface area contributed by atoms with Crippen molar-refractivity contribution in [1.82, 2.24) is 10.3 Å². The number of carboxylic acids is 1. The van der Waals surface area contributed by atoms with Crippen molar-refractivity contribution in [3.8, 4) is 16.9 Å². The molecule has 0 bridgehead atoms. The maximum atomic E-state index is 11.3. The number of fused-ring (bicyclic) bond motifs is 1. The van der Waals surface area contributed by atoms with Crippen LogP contribution in [0.4, 0.5) is 5.69 Å². The number of ether oxygens (including phenoxy) is 3. The quantitative estimate of drug-likeness (QED) is 0.416. The van der Waals surface area contributed by atoms with Crippen LogP contribution in [-0.4, -0.2) is 47.8 Å². The lowest BCUT2D eigenvalue weighted by Gasteiger charge is -2.20. The second kappa shape index (κ2) is 10.7. The minimum atomic E-state index is -0.932. The van der Waals surface area contributed by atoms with Gasteiger partial charge in [0.05, 0.1) is 32.1 Å². The predicted molar refractivity (Wildman–Crippen MR) is 136 cm³/mol. The van der Waals surface area contributed by atoms with E-state index in [2.05, 4.69) is 39.9 Å². The van der Waals surface area contributed by atoms with Crippen LogP contribution >= 0.6 is 0 Å². The first-order valence-corrected chi connectivity index (χ1v) is 12.3. The molecule has 0 saturated carbocycles. The summed E-state index contributed by atoms with van der Waals surface area (Å²) >= 11 is 0. The van der Waals surface area contributed by atoms with Crippen molar-refractivity contribution in [3.63, 3.8) is 0 Å². The Bertz CT molecular complexity index is 1220. The van der Waals surface area contributed by atoms with Crippen LogP contribution in [0.1, 0.15) is 29.2 Å². The van der Waals surface area contributed by atoms with Gasteiger partial charge < -0.3 is 24.6 Å². The van der Waals surface area contributed by atoms with Crippen molar-refractivity contribution in [2.75, 3.05) is 18.5 Å². The monoisotopic (exact) mass is 489 g/mol. The van der Waals surface area contributed by atoms with Crippen molar-refractivity contribution < 1.29 is 24.1 Å². The summed E-state index contributed by atoms with van der Waals surface area (Å²) in [5.41, 5.74) is 7.53. The maximum Gasteiger partial charge on any atom is 0.323 e. The SMILES string of the molecule is CCOc1cncc(-c2ccc(NC3NC(C(=O)O)CO3)cc2COC2Cc3ccccc3C2)c1C. The molecule has 0 radical (unpaired) electrons. The van der Waals surface area contributed by atoms with Crippen LogP contribution in [0.2, 0.25) is 0 Å². The zero-order valence-corrected chi connectivity index (χ0v) is 20.5. The van der Waals surface area contributed by atoms with E-state index in [4.69, 9.17) is 14.2 Å². The Morgan fingerprint density at radius 2 is 1.94 bits per heavy atom. The maximum absolute atomic E-state index is 11.3. The fourth-order valence-electron chi connectivity index (χ4n) is 4.84. The molecule has 188 valence electrons. The first-order chi connectivity index (χ1) is 17.5. The number of rotatable bonds is 9. The normalized spacial score (nSPS) is 19.3. The molecule has 3 aromatic rings. The van der Waals surface area contributed by atoms with Gasteiger partial charge in [0.15, 0.2) is 6.35 Å². The van der Waals surface area contributed by atoms with Gasteiger partial charge in [-0.15, -0.1) is 0 Å². The molecule has 3 N–H and O–H groups in total. The molecule has 2 unspecified atom stereocenters. The van der Waals surface area contributed by atoms with E-state index < -0.39 is 18.4 Å². The minimum Gasteiger partial charge on any atom is -0.492 e. The predicted octanol–water partition coefficient (Wildman–Crippen LogP) is 3.91. The summed E-state index contributed by atoms with van der Waals surface area (Å²) < 4.78 is 17.8. The van der Waals surface area contributed by atoms with Gasteiger partial charge in [-0.2, -0.15) is 0 Å². The molecule has 36 heavy (non-hydrogen) atoms. The van der Waals surface area contributed by atoms with E-state index in [0.29, 0.717) is 13.2 Å². The molecule has 1 aliphatic carbocycles. The third-order valence-electron chi connectivity index (χ3n) is 6.73. The van der Waals surface area contributed by atoms with Crippen LogP contribution in [0, 0.1) is 6.92 Å². The molecular formula is C28H31N3O5. The molecule has 0 amide bonds. The highest BCUT2D eigenvalue weighted by molar-refractivity contribution is 5.75. The van der Waals surface area contributed by atoms with Gasteiger partial charge in [-0.3, -0.25) is 15.1 Å². The molecule has 8 nitrogen and oxygen atoms in total. The zero-order chi connectivity index (χ0) is 25.1. The average Bonchev–Trinajstić information content (AvgIpc) is 3.51. The number of anilines is 1. The number of hydrogen-bond acceptors (Lipinski definition) is 7. The van der Waals surface area contributed by atoms with Crippen molar-refractivity contribution >= 4 is 11.7 Å². The van der Waals surface area contributed by atoms with E-state index in [1.165, 1.54) is 11.1 Å². The number of nitrogens with zero attached hydrogens (tertiary/aromatic N) is 1. The number of aliphatic carboxylic acids is 1. The van der Waals surface area contributed by atoms with Crippen molar-refractivity contribution in [2.24, 2.45) is 0 Å². The van der Waals surface area contributed by atoms with Gasteiger partial charge in [-0.1, -0.05) is 30.3 Å². The lowest BCUT2D eigenvalue weighted by atomic mass is 9.97. The number of hydrogen-bond donors (Lipinski definition) is 3. The standard InChI is InChI=1S/C28H31N3O5/c1-3-34-26-14-29-13-24(17(26)2)23-9-8-21(30-28-31-25(16-36-28)27(32)33)10-20(23)15-35-22-11-18-6-4-5-7-19(18)12-22/h4-10,13-14,22,25,28,30-31H,3,11-12,15-16H2,1-2H3,(H,32,33). The van der Waals surface area contributed by atoms with E-state index in [1.54, 1.807) is 6.20 Å². The highest BCUT2D eigenvalue weighted by Gasteiger charge is 2.29. The lowest BCUT2D eigenvalue weighted by molar-refractivity contribution is -0.139. The molecule has 2 atom stereocenters. The van der Waals surface area contributed by atoms with Crippen molar-refractivity contribution in [3.05, 3.63) is 77.1 Å². The first kappa shape index (κ1) is 24.2. The molecule has 1 aromatic heterocycles. The Morgan fingerprint density at radius 3 is 2.64 bits per heavy atom.